The van der Waals surface area contributed by atoms with E-state index in [9.17, 15) is 10.1 Å². The molecule has 1 aromatic rings. The van der Waals surface area contributed by atoms with Crippen LogP contribution in [0.4, 0.5) is 5.00 Å². The highest BCUT2D eigenvalue weighted by molar-refractivity contribution is 7.16. The molecule has 1 aromatic heterocycles. The number of carbonyl (C=O) groups is 1. The van der Waals surface area contributed by atoms with Crippen molar-refractivity contribution in [3.63, 3.8) is 0 Å². The normalized spacial score (nSPS) is 38.2. The summed E-state index contributed by atoms with van der Waals surface area (Å²) in [6.45, 7) is 2.28. The maximum Gasteiger partial charge on any atom is 0.231 e. The standard InChI is InChI=1S/C21H26N2OS/c1-12-2-3-16-17(11-22)19(25-18(16)4-12)23-20(24)21-8-13-5-14(9-21)7-15(6-13)10-21/h12-15H,2-10H2,1H3,(H,23,24)/t12-,13?,14?,15?,21?/m1/s1. The molecule has 6 rings (SSSR count). The van der Waals surface area contributed by atoms with Crippen molar-refractivity contribution in [2.75, 3.05) is 5.32 Å². The molecule has 0 spiro atoms. The summed E-state index contributed by atoms with van der Waals surface area (Å²) in [6, 6.07) is 2.39. The van der Waals surface area contributed by atoms with Crippen LogP contribution in [0.15, 0.2) is 0 Å². The maximum absolute atomic E-state index is 13.3. The molecule has 3 nitrogen and oxygen atoms in total. The first-order chi connectivity index (χ1) is 12.1. The maximum atomic E-state index is 13.3. The highest BCUT2D eigenvalue weighted by Crippen LogP contribution is 2.60. The van der Waals surface area contributed by atoms with E-state index in [0.717, 1.165) is 66.8 Å². The van der Waals surface area contributed by atoms with E-state index in [-0.39, 0.29) is 11.3 Å². The minimum absolute atomic E-state index is 0.140. The van der Waals surface area contributed by atoms with Crippen molar-refractivity contribution in [2.24, 2.45) is 29.1 Å². The second-order valence-corrected chi connectivity index (χ2v) is 10.4. The number of hydrogen-bond donors (Lipinski definition) is 1. The molecule has 1 atom stereocenters. The van der Waals surface area contributed by atoms with Gasteiger partial charge in [0.1, 0.15) is 11.1 Å². The van der Waals surface area contributed by atoms with Crippen LogP contribution in [0.25, 0.3) is 0 Å². The van der Waals surface area contributed by atoms with E-state index >= 15 is 0 Å². The van der Waals surface area contributed by atoms with Crippen molar-refractivity contribution in [1.82, 2.24) is 0 Å². The molecule has 5 aliphatic rings. The summed E-state index contributed by atoms with van der Waals surface area (Å²) < 4.78 is 0. The molecule has 0 aliphatic heterocycles. The molecule has 4 fully saturated rings. The van der Waals surface area contributed by atoms with Gasteiger partial charge >= 0.3 is 0 Å². The lowest BCUT2D eigenvalue weighted by molar-refractivity contribution is -0.140. The Kier molecular flexibility index (Phi) is 3.54. The molecule has 0 aromatic carbocycles. The predicted octanol–water partition coefficient (Wildman–Crippen LogP) is 4.90. The molecule has 4 bridgehead atoms. The minimum atomic E-state index is -0.140. The number of nitrogens with one attached hydrogen (secondary N) is 1. The number of fused-ring (bicyclic) bond motifs is 1. The van der Waals surface area contributed by atoms with Crippen LogP contribution >= 0.6 is 11.3 Å². The average Bonchev–Trinajstić information content (AvgIpc) is 2.89. The quantitative estimate of drug-likeness (QED) is 0.821. The first kappa shape index (κ1) is 15.9. The molecular formula is C21H26N2OS. The van der Waals surface area contributed by atoms with Gasteiger partial charge < -0.3 is 5.32 Å². The number of nitrogens with zero attached hydrogens (tertiary/aromatic N) is 1. The molecule has 25 heavy (non-hydrogen) atoms. The summed E-state index contributed by atoms with van der Waals surface area (Å²) in [4.78, 5) is 14.6. The third-order valence-corrected chi connectivity index (χ3v) is 8.54. The van der Waals surface area contributed by atoms with Crippen LogP contribution in [0.2, 0.25) is 0 Å². The van der Waals surface area contributed by atoms with Crippen LogP contribution in [-0.2, 0) is 17.6 Å². The van der Waals surface area contributed by atoms with Gasteiger partial charge in [0.25, 0.3) is 0 Å². The van der Waals surface area contributed by atoms with E-state index in [4.69, 9.17) is 0 Å². The molecular weight excluding hydrogens is 328 g/mol. The van der Waals surface area contributed by atoms with Gasteiger partial charge in [-0.3, -0.25) is 4.79 Å². The number of rotatable bonds is 2. The molecule has 5 aliphatic carbocycles. The smallest absolute Gasteiger partial charge is 0.231 e. The van der Waals surface area contributed by atoms with Gasteiger partial charge in [-0.25, -0.2) is 0 Å². The second-order valence-electron chi connectivity index (χ2n) is 9.32. The Hall–Kier alpha value is -1.34. The highest BCUT2D eigenvalue weighted by Gasteiger charge is 2.54. The summed E-state index contributed by atoms with van der Waals surface area (Å²) in [5.41, 5.74) is 1.83. The lowest BCUT2D eigenvalue weighted by atomic mass is 9.49. The second kappa shape index (κ2) is 5.58. The number of amides is 1. The van der Waals surface area contributed by atoms with Crippen LogP contribution in [0, 0.1) is 40.4 Å². The third-order valence-electron chi connectivity index (χ3n) is 7.37. The van der Waals surface area contributed by atoms with Crippen LogP contribution in [0.1, 0.15) is 67.9 Å². The van der Waals surface area contributed by atoms with Crippen molar-refractivity contribution in [3.8, 4) is 6.07 Å². The third kappa shape index (κ3) is 2.46. The van der Waals surface area contributed by atoms with Crippen LogP contribution < -0.4 is 5.32 Å². The first-order valence-corrected chi connectivity index (χ1v) is 10.7. The summed E-state index contributed by atoms with van der Waals surface area (Å²) >= 11 is 1.67. The Labute approximate surface area is 153 Å². The van der Waals surface area contributed by atoms with Gasteiger partial charge in [0.2, 0.25) is 5.91 Å². The van der Waals surface area contributed by atoms with Crippen molar-refractivity contribution in [1.29, 1.82) is 5.26 Å². The van der Waals surface area contributed by atoms with E-state index in [1.54, 1.807) is 11.3 Å². The van der Waals surface area contributed by atoms with Gasteiger partial charge in [0.15, 0.2) is 0 Å². The SMILES string of the molecule is C[C@@H]1CCc2c(sc(NC(=O)C34CC5CC(CC(C5)C3)C4)c2C#N)C1. The predicted molar refractivity (Wildman–Crippen MR) is 99.5 cm³/mol. The topological polar surface area (TPSA) is 52.9 Å². The van der Waals surface area contributed by atoms with E-state index in [0.29, 0.717) is 5.92 Å². The monoisotopic (exact) mass is 354 g/mol. The molecule has 0 radical (unpaired) electrons. The van der Waals surface area contributed by atoms with Gasteiger partial charge in [-0.05, 0) is 87.0 Å². The molecule has 0 saturated heterocycles. The van der Waals surface area contributed by atoms with Gasteiger partial charge in [-0.2, -0.15) is 5.26 Å². The zero-order valence-corrected chi connectivity index (χ0v) is 15.8. The summed E-state index contributed by atoms with van der Waals surface area (Å²) in [5.74, 6) is 3.21. The lowest BCUT2D eigenvalue weighted by Gasteiger charge is -2.55. The summed E-state index contributed by atoms with van der Waals surface area (Å²) in [5, 5.41) is 13.8. The Morgan fingerprint density at radius 3 is 2.44 bits per heavy atom. The number of anilines is 1. The molecule has 1 amide bonds. The van der Waals surface area contributed by atoms with Crippen molar-refractivity contribution in [3.05, 3.63) is 16.0 Å². The molecule has 132 valence electrons. The van der Waals surface area contributed by atoms with Gasteiger partial charge in [0, 0.05) is 4.88 Å². The number of hydrogen-bond acceptors (Lipinski definition) is 3. The van der Waals surface area contributed by atoms with E-state index in [1.165, 1.54) is 29.7 Å². The fraction of sp³-hybridized carbons (Fsp3) is 0.714. The Morgan fingerprint density at radius 2 is 1.84 bits per heavy atom. The zero-order chi connectivity index (χ0) is 17.2. The lowest BCUT2D eigenvalue weighted by Crippen LogP contribution is -2.51. The van der Waals surface area contributed by atoms with E-state index in [1.807, 2.05) is 0 Å². The molecule has 4 saturated carbocycles. The minimum Gasteiger partial charge on any atom is -0.316 e. The largest absolute Gasteiger partial charge is 0.316 e. The Bertz CT molecular complexity index is 736. The number of nitriles is 1. The molecule has 0 unspecified atom stereocenters. The van der Waals surface area contributed by atoms with Crippen molar-refractivity contribution in [2.45, 2.75) is 64.7 Å². The first-order valence-electron chi connectivity index (χ1n) is 9.92. The fourth-order valence-electron chi connectivity index (χ4n) is 6.58. The summed E-state index contributed by atoms with van der Waals surface area (Å²) in [6.07, 6.45) is 10.5. The number of carbonyl (C=O) groups excluding carboxylic acids is 1. The highest BCUT2D eigenvalue weighted by atomic mass is 32.1. The number of thiophene rings is 1. The van der Waals surface area contributed by atoms with Crippen molar-refractivity contribution < 1.29 is 4.79 Å². The van der Waals surface area contributed by atoms with Crippen LogP contribution in [0.5, 0.6) is 0 Å². The van der Waals surface area contributed by atoms with E-state index < -0.39 is 0 Å². The Balaban J connectivity index is 1.43. The van der Waals surface area contributed by atoms with Crippen molar-refractivity contribution >= 4 is 22.2 Å². The Morgan fingerprint density at radius 1 is 1.20 bits per heavy atom. The zero-order valence-electron chi connectivity index (χ0n) is 14.9. The van der Waals surface area contributed by atoms with Gasteiger partial charge in [-0.15, -0.1) is 11.3 Å². The van der Waals surface area contributed by atoms with Crippen LogP contribution in [-0.4, -0.2) is 5.91 Å². The molecule has 4 heteroatoms. The van der Waals surface area contributed by atoms with E-state index in [2.05, 4.69) is 18.3 Å². The summed E-state index contributed by atoms with van der Waals surface area (Å²) in [7, 11) is 0. The fourth-order valence-corrected chi connectivity index (χ4v) is 7.94. The van der Waals surface area contributed by atoms with Gasteiger partial charge in [-0.1, -0.05) is 6.92 Å². The van der Waals surface area contributed by atoms with Crippen LogP contribution in [0.3, 0.4) is 0 Å². The van der Waals surface area contributed by atoms with Gasteiger partial charge in [0.05, 0.1) is 11.0 Å². The average molecular weight is 355 g/mol. The molecule has 1 N–H and O–H groups in total. The molecule has 1 heterocycles.